The molecule has 122 valence electrons. The smallest absolute Gasteiger partial charge is 0.406 e. The van der Waals surface area contributed by atoms with Gasteiger partial charge in [-0.05, 0) is 39.8 Å². The summed E-state index contributed by atoms with van der Waals surface area (Å²) in [6.45, 7) is 9.70. The van der Waals surface area contributed by atoms with Crippen molar-refractivity contribution < 1.29 is 19.1 Å². The molecule has 0 saturated carbocycles. The highest BCUT2D eigenvalue weighted by Crippen LogP contribution is 2.27. The topological polar surface area (TPSA) is 59.1 Å². The van der Waals surface area contributed by atoms with Crippen LogP contribution in [0.2, 0.25) is 0 Å². The van der Waals surface area contributed by atoms with E-state index in [-0.39, 0.29) is 11.5 Å². The van der Waals surface area contributed by atoms with Crippen LogP contribution in [-0.4, -0.2) is 48.2 Å². The number of para-hydroxylation sites is 2. The number of rotatable bonds is 6. The van der Waals surface area contributed by atoms with E-state index in [1.807, 2.05) is 27.7 Å². The quantitative estimate of drug-likeness (QED) is 0.808. The molecule has 0 spiro atoms. The van der Waals surface area contributed by atoms with Crippen LogP contribution in [-0.2, 0) is 0 Å². The zero-order chi connectivity index (χ0) is 16.5. The summed E-state index contributed by atoms with van der Waals surface area (Å²) >= 11 is 0. The van der Waals surface area contributed by atoms with E-state index in [1.165, 1.54) is 0 Å². The second-order valence-electron chi connectivity index (χ2n) is 4.53. The summed E-state index contributed by atoms with van der Waals surface area (Å²) in [5.41, 5.74) is 0. The molecule has 0 N–H and O–H groups in total. The van der Waals surface area contributed by atoms with Gasteiger partial charge in [-0.3, -0.25) is 0 Å². The van der Waals surface area contributed by atoms with Crippen molar-refractivity contribution in [2.75, 3.05) is 26.2 Å². The Balaban J connectivity index is 2.86. The summed E-state index contributed by atoms with van der Waals surface area (Å²) in [5, 5.41) is 0. The standard InChI is InChI=1S/C16H24N2O4/c1-5-17(6-2)15(19)21-13-11-9-10-12-14(13)22-16(20)18(7-3)8-4/h9-12H,5-8H2,1-4H3. The van der Waals surface area contributed by atoms with Crippen molar-refractivity contribution in [1.29, 1.82) is 0 Å². The van der Waals surface area contributed by atoms with Crippen molar-refractivity contribution in [1.82, 2.24) is 9.80 Å². The summed E-state index contributed by atoms with van der Waals surface area (Å²) in [6.07, 6.45) is -0.923. The molecule has 2 amide bonds. The van der Waals surface area contributed by atoms with Gasteiger partial charge in [0.05, 0.1) is 0 Å². The Morgan fingerprint density at radius 3 is 1.36 bits per heavy atom. The van der Waals surface area contributed by atoms with E-state index in [9.17, 15) is 9.59 Å². The molecule has 0 aliphatic heterocycles. The van der Waals surface area contributed by atoms with Gasteiger partial charge in [-0.1, -0.05) is 12.1 Å². The van der Waals surface area contributed by atoms with Crippen LogP contribution in [0.15, 0.2) is 24.3 Å². The lowest BCUT2D eigenvalue weighted by Gasteiger charge is -2.20. The summed E-state index contributed by atoms with van der Waals surface area (Å²) in [6, 6.07) is 6.65. The number of carbonyl (C=O) groups excluding carboxylic acids is 2. The molecule has 6 heteroatoms. The molecule has 1 aromatic rings. The maximum absolute atomic E-state index is 12.0. The van der Waals surface area contributed by atoms with E-state index in [4.69, 9.17) is 9.47 Å². The molecule has 0 atom stereocenters. The molecule has 0 bridgehead atoms. The van der Waals surface area contributed by atoms with Crippen molar-refractivity contribution in [3.63, 3.8) is 0 Å². The third kappa shape index (κ3) is 4.65. The first-order valence-electron chi connectivity index (χ1n) is 7.59. The van der Waals surface area contributed by atoms with E-state index >= 15 is 0 Å². The molecule has 0 unspecified atom stereocenters. The summed E-state index contributed by atoms with van der Waals surface area (Å²) in [5.74, 6) is 0.472. The Labute approximate surface area is 131 Å². The number of ether oxygens (including phenoxy) is 2. The van der Waals surface area contributed by atoms with Crippen LogP contribution in [0.5, 0.6) is 11.5 Å². The van der Waals surface area contributed by atoms with E-state index in [0.717, 1.165) is 0 Å². The molecular weight excluding hydrogens is 284 g/mol. The fourth-order valence-corrected chi connectivity index (χ4v) is 1.90. The van der Waals surface area contributed by atoms with E-state index in [1.54, 1.807) is 34.1 Å². The Hall–Kier alpha value is -2.24. The molecule has 0 radical (unpaired) electrons. The normalized spacial score (nSPS) is 10.0. The average molecular weight is 308 g/mol. The maximum Gasteiger partial charge on any atom is 0.415 e. The van der Waals surface area contributed by atoms with Crippen LogP contribution < -0.4 is 9.47 Å². The van der Waals surface area contributed by atoms with Crippen LogP contribution >= 0.6 is 0 Å². The third-order valence-corrected chi connectivity index (χ3v) is 3.29. The Morgan fingerprint density at radius 2 is 1.09 bits per heavy atom. The fourth-order valence-electron chi connectivity index (χ4n) is 1.90. The Bertz CT molecular complexity index is 452. The molecule has 0 fully saturated rings. The SMILES string of the molecule is CCN(CC)C(=O)Oc1ccccc1OC(=O)N(CC)CC. The third-order valence-electron chi connectivity index (χ3n) is 3.29. The van der Waals surface area contributed by atoms with Crippen molar-refractivity contribution in [3.05, 3.63) is 24.3 Å². The highest BCUT2D eigenvalue weighted by Gasteiger charge is 2.18. The second-order valence-corrected chi connectivity index (χ2v) is 4.53. The number of amides is 2. The molecule has 6 nitrogen and oxygen atoms in total. The van der Waals surface area contributed by atoms with E-state index in [2.05, 4.69) is 0 Å². The van der Waals surface area contributed by atoms with Gasteiger partial charge in [-0.15, -0.1) is 0 Å². The first-order valence-corrected chi connectivity index (χ1v) is 7.59. The zero-order valence-electron chi connectivity index (χ0n) is 13.7. The van der Waals surface area contributed by atoms with Crippen molar-refractivity contribution in [3.8, 4) is 11.5 Å². The summed E-state index contributed by atoms with van der Waals surface area (Å²) in [4.78, 5) is 27.1. The average Bonchev–Trinajstić information content (AvgIpc) is 2.51. The van der Waals surface area contributed by atoms with Gasteiger partial charge in [0, 0.05) is 26.2 Å². The molecule has 0 aromatic heterocycles. The van der Waals surface area contributed by atoms with Gasteiger partial charge in [-0.25, -0.2) is 9.59 Å². The van der Waals surface area contributed by atoms with Crippen molar-refractivity contribution in [2.45, 2.75) is 27.7 Å². The summed E-state index contributed by atoms with van der Waals surface area (Å²) in [7, 11) is 0. The van der Waals surface area contributed by atoms with Crippen LogP contribution in [0, 0.1) is 0 Å². The lowest BCUT2D eigenvalue weighted by Crippen LogP contribution is -2.34. The molecule has 0 aliphatic rings. The van der Waals surface area contributed by atoms with Gasteiger partial charge in [0.15, 0.2) is 11.5 Å². The summed E-state index contributed by atoms with van der Waals surface area (Å²) < 4.78 is 10.7. The lowest BCUT2D eigenvalue weighted by molar-refractivity contribution is 0.146. The monoisotopic (exact) mass is 308 g/mol. The van der Waals surface area contributed by atoms with Crippen LogP contribution in [0.3, 0.4) is 0 Å². The number of hydrogen-bond donors (Lipinski definition) is 0. The Kier molecular flexibility index (Phi) is 7.22. The first kappa shape index (κ1) is 17.8. The minimum absolute atomic E-state index is 0.236. The minimum Gasteiger partial charge on any atom is -0.406 e. The second kappa shape index (κ2) is 8.92. The molecule has 0 heterocycles. The van der Waals surface area contributed by atoms with Gasteiger partial charge in [-0.2, -0.15) is 0 Å². The predicted octanol–water partition coefficient (Wildman–Crippen LogP) is 3.37. The molecule has 22 heavy (non-hydrogen) atoms. The van der Waals surface area contributed by atoms with Crippen molar-refractivity contribution >= 4 is 12.2 Å². The number of hydrogen-bond acceptors (Lipinski definition) is 4. The maximum atomic E-state index is 12.0. The largest absolute Gasteiger partial charge is 0.415 e. The fraction of sp³-hybridized carbons (Fsp3) is 0.500. The van der Waals surface area contributed by atoms with E-state index < -0.39 is 12.2 Å². The van der Waals surface area contributed by atoms with Crippen LogP contribution in [0.4, 0.5) is 9.59 Å². The number of benzene rings is 1. The predicted molar refractivity (Wildman–Crippen MR) is 84.3 cm³/mol. The lowest BCUT2D eigenvalue weighted by atomic mass is 10.3. The van der Waals surface area contributed by atoms with Gasteiger partial charge in [0.2, 0.25) is 0 Å². The highest BCUT2D eigenvalue weighted by atomic mass is 16.6. The zero-order valence-corrected chi connectivity index (χ0v) is 13.7. The van der Waals surface area contributed by atoms with Gasteiger partial charge in [0.25, 0.3) is 0 Å². The molecular formula is C16H24N2O4. The molecule has 1 aromatic carbocycles. The van der Waals surface area contributed by atoms with Crippen molar-refractivity contribution in [2.24, 2.45) is 0 Å². The number of nitrogens with zero attached hydrogens (tertiary/aromatic N) is 2. The molecule has 0 aliphatic carbocycles. The van der Waals surface area contributed by atoms with Gasteiger partial charge < -0.3 is 19.3 Å². The van der Waals surface area contributed by atoms with Crippen LogP contribution in [0.1, 0.15) is 27.7 Å². The molecule has 1 rings (SSSR count). The first-order chi connectivity index (χ1) is 10.6. The minimum atomic E-state index is -0.462. The Morgan fingerprint density at radius 1 is 0.773 bits per heavy atom. The number of carbonyl (C=O) groups is 2. The molecule has 0 saturated heterocycles. The van der Waals surface area contributed by atoms with E-state index in [0.29, 0.717) is 26.2 Å². The van der Waals surface area contributed by atoms with Gasteiger partial charge in [0.1, 0.15) is 0 Å². The highest BCUT2D eigenvalue weighted by molar-refractivity contribution is 5.74. The van der Waals surface area contributed by atoms with Gasteiger partial charge >= 0.3 is 12.2 Å². The van der Waals surface area contributed by atoms with Crippen LogP contribution in [0.25, 0.3) is 0 Å².